The number of ether oxygens (including phenoxy) is 2. The van der Waals surface area contributed by atoms with Crippen LogP contribution in [-0.2, 0) is 7.05 Å². The van der Waals surface area contributed by atoms with Crippen molar-refractivity contribution in [2.75, 3.05) is 18.0 Å². The van der Waals surface area contributed by atoms with E-state index in [4.69, 9.17) is 4.74 Å². The van der Waals surface area contributed by atoms with E-state index in [2.05, 4.69) is 14.6 Å². The van der Waals surface area contributed by atoms with Gasteiger partial charge >= 0.3 is 6.36 Å². The van der Waals surface area contributed by atoms with Crippen LogP contribution in [0.1, 0.15) is 19.0 Å². The van der Waals surface area contributed by atoms with Crippen LogP contribution < -0.4 is 19.9 Å². The predicted octanol–water partition coefficient (Wildman–Crippen LogP) is 4.00. The molecule has 0 radical (unpaired) electrons. The normalized spacial score (nSPS) is 18.7. The van der Waals surface area contributed by atoms with Crippen LogP contribution in [0.5, 0.6) is 11.5 Å². The lowest BCUT2D eigenvalue weighted by atomic mass is 9.95. The molecule has 3 heterocycles. The second-order valence-electron chi connectivity index (χ2n) is 7.99. The summed E-state index contributed by atoms with van der Waals surface area (Å²) in [6.07, 6.45) is -4.26. The lowest BCUT2D eigenvalue weighted by Crippen LogP contribution is -2.45. The molecule has 2 aromatic heterocycles. The number of anilines is 1. The van der Waals surface area contributed by atoms with E-state index in [1.165, 1.54) is 34.9 Å². The van der Waals surface area contributed by atoms with Gasteiger partial charge in [-0.25, -0.2) is 4.98 Å². The SMILES string of the molecule is CC1CN(c2cc(=O)n(C)c3ccc(C#N)nc23)CC[C@H]1Oc1ccc(OC(F)(F)F)cc1. The van der Waals surface area contributed by atoms with E-state index in [0.29, 0.717) is 42.0 Å². The van der Waals surface area contributed by atoms with E-state index in [9.17, 15) is 23.2 Å². The van der Waals surface area contributed by atoms with E-state index >= 15 is 0 Å². The maximum Gasteiger partial charge on any atom is 0.573 e. The zero-order valence-electron chi connectivity index (χ0n) is 18.0. The molecular weight excluding hydrogens is 437 g/mol. The molecule has 1 fully saturated rings. The molecular formula is C23H21F3N4O3. The summed E-state index contributed by atoms with van der Waals surface area (Å²) in [5, 5.41) is 9.24. The maximum absolute atomic E-state index is 12.5. The van der Waals surface area contributed by atoms with Crippen molar-refractivity contribution >= 4 is 16.7 Å². The third-order valence-corrected chi connectivity index (χ3v) is 5.70. The van der Waals surface area contributed by atoms with Crippen molar-refractivity contribution in [1.82, 2.24) is 9.55 Å². The number of benzene rings is 1. The van der Waals surface area contributed by atoms with E-state index in [1.54, 1.807) is 19.2 Å². The van der Waals surface area contributed by atoms with E-state index in [-0.39, 0.29) is 29.0 Å². The molecule has 1 unspecified atom stereocenters. The smallest absolute Gasteiger partial charge is 0.490 e. The number of aromatic nitrogens is 2. The first-order valence-electron chi connectivity index (χ1n) is 10.3. The topological polar surface area (TPSA) is 80.4 Å². The van der Waals surface area contributed by atoms with Crippen LogP contribution in [0, 0.1) is 17.2 Å². The molecule has 0 spiro atoms. The standard InChI is InChI=1S/C23H21F3N4O3/c1-14-13-30(19-11-21(31)29(2)18-8-3-15(12-27)28-22(18)19)10-9-20(14)32-16-4-6-17(7-5-16)33-23(24,25)26/h3-8,11,14,20H,9-10,13H2,1-2H3/t14?,20-/m1/s1. The molecule has 0 bridgehead atoms. The Morgan fingerprint density at radius 3 is 2.48 bits per heavy atom. The zero-order valence-corrected chi connectivity index (χ0v) is 18.0. The van der Waals surface area contributed by atoms with Crippen LogP contribution in [0.15, 0.2) is 47.3 Å². The molecule has 1 aromatic carbocycles. The molecule has 0 aliphatic carbocycles. The average molecular weight is 458 g/mol. The highest BCUT2D eigenvalue weighted by molar-refractivity contribution is 5.88. The summed E-state index contributed by atoms with van der Waals surface area (Å²) in [7, 11) is 1.66. The number of halogens is 3. The Kier molecular flexibility index (Phi) is 5.89. The highest BCUT2D eigenvalue weighted by Gasteiger charge is 2.32. The largest absolute Gasteiger partial charge is 0.573 e. The minimum Gasteiger partial charge on any atom is -0.490 e. The van der Waals surface area contributed by atoms with Crippen molar-refractivity contribution in [2.45, 2.75) is 25.8 Å². The lowest BCUT2D eigenvalue weighted by Gasteiger charge is -2.38. The number of nitrogens with zero attached hydrogens (tertiary/aromatic N) is 4. The molecule has 1 aliphatic heterocycles. The lowest BCUT2D eigenvalue weighted by molar-refractivity contribution is -0.274. The monoisotopic (exact) mass is 458 g/mol. The average Bonchev–Trinajstić information content (AvgIpc) is 2.77. The van der Waals surface area contributed by atoms with Gasteiger partial charge in [0, 0.05) is 38.5 Å². The summed E-state index contributed by atoms with van der Waals surface area (Å²) in [6.45, 7) is 3.18. The van der Waals surface area contributed by atoms with Crippen molar-refractivity contribution in [2.24, 2.45) is 13.0 Å². The van der Waals surface area contributed by atoms with Gasteiger partial charge in [-0.05, 0) is 36.4 Å². The first-order valence-corrected chi connectivity index (χ1v) is 10.3. The molecule has 2 atom stereocenters. The number of piperidine rings is 1. The molecule has 33 heavy (non-hydrogen) atoms. The minimum absolute atomic E-state index is 0.0584. The number of alkyl halides is 3. The zero-order chi connectivity index (χ0) is 23.8. The molecule has 7 nitrogen and oxygen atoms in total. The van der Waals surface area contributed by atoms with Gasteiger partial charge in [0.25, 0.3) is 5.56 Å². The fraction of sp³-hybridized carbons (Fsp3) is 0.348. The Labute approximate surface area is 187 Å². The van der Waals surface area contributed by atoms with Gasteiger partial charge in [0.05, 0.1) is 11.2 Å². The number of aryl methyl sites for hydroxylation is 1. The summed E-state index contributed by atoms with van der Waals surface area (Å²) in [4.78, 5) is 19.0. The highest BCUT2D eigenvalue weighted by Crippen LogP contribution is 2.31. The van der Waals surface area contributed by atoms with Gasteiger partial charge in [-0.3, -0.25) is 4.79 Å². The summed E-state index contributed by atoms with van der Waals surface area (Å²) >= 11 is 0. The Morgan fingerprint density at radius 1 is 1.15 bits per heavy atom. The summed E-state index contributed by atoms with van der Waals surface area (Å²) in [5.74, 6) is 0.205. The van der Waals surface area contributed by atoms with Crippen LogP contribution in [0.4, 0.5) is 18.9 Å². The van der Waals surface area contributed by atoms with Crippen LogP contribution in [0.2, 0.25) is 0 Å². The van der Waals surface area contributed by atoms with Gasteiger partial charge in [0.15, 0.2) is 0 Å². The summed E-state index contributed by atoms with van der Waals surface area (Å²) in [5.41, 5.74) is 2.00. The Balaban J connectivity index is 1.51. The third kappa shape index (κ3) is 4.87. The summed E-state index contributed by atoms with van der Waals surface area (Å²) in [6, 6.07) is 12.2. The molecule has 4 rings (SSSR count). The van der Waals surface area contributed by atoms with Gasteiger partial charge in [-0.2, -0.15) is 5.26 Å². The molecule has 0 N–H and O–H groups in total. The number of hydrogen-bond donors (Lipinski definition) is 0. The number of pyridine rings is 2. The van der Waals surface area contributed by atoms with Crippen LogP contribution in [0.3, 0.4) is 0 Å². The molecule has 10 heteroatoms. The van der Waals surface area contributed by atoms with Gasteiger partial charge in [0.2, 0.25) is 0 Å². The number of rotatable bonds is 4. The van der Waals surface area contributed by atoms with Gasteiger partial charge < -0.3 is 18.9 Å². The van der Waals surface area contributed by atoms with Gasteiger partial charge in [-0.1, -0.05) is 6.92 Å². The van der Waals surface area contributed by atoms with E-state index in [0.717, 1.165) is 0 Å². The Morgan fingerprint density at radius 2 is 1.85 bits per heavy atom. The minimum atomic E-state index is -4.74. The number of fused-ring (bicyclic) bond motifs is 1. The van der Waals surface area contributed by atoms with Gasteiger partial charge in [-0.15, -0.1) is 13.2 Å². The first-order chi connectivity index (χ1) is 15.6. The predicted molar refractivity (Wildman–Crippen MR) is 115 cm³/mol. The quantitative estimate of drug-likeness (QED) is 0.588. The van der Waals surface area contributed by atoms with Crippen molar-refractivity contribution in [3.8, 4) is 17.6 Å². The highest BCUT2D eigenvalue weighted by atomic mass is 19.4. The molecule has 0 saturated carbocycles. The maximum atomic E-state index is 12.5. The van der Waals surface area contributed by atoms with Crippen molar-refractivity contribution in [3.63, 3.8) is 0 Å². The fourth-order valence-corrected chi connectivity index (χ4v) is 4.03. The van der Waals surface area contributed by atoms with Crippen molar-refractivity contribution < 1.29 is 22.6 Å². The van der Waals surface area contributed by atoms with Gasteiger partial charge in [0.1, 0.15) is 34.9 Å². The van der Waals surface area contributed by atoms with E-state index < -0.39 is 6.36 Å². The fourth-order valence-electron chi connectivity index (χ4n) is 4.03. The molecule has 1 saturated heterocycles. The van der Waals surface area contributed by atoms with Crippen LogP contribution in [-0.4, -0.2) is 35.1 Å². The van der Waals surface area contributed by atoms with Crippen molar-refractivity contribution in [3.05, 3.63) is 58.5 Å². The molecule has 0 amide bonds. The molecule has 3 aromatic rings. The Bertz CT molecular complexity index is 1270. The van der Waals surface area contributed by atoms with Crippen molar-refractivity contribution in [1.29, 1.82) is 5.26 Å². The Hall–Kier alpha value is -3.74. The molecule has 1 aliphatic rings. The molecule has 172 valence electrons. The second-order valence-corrected chi connectivity index (χ2v) is 7.99. The number of hydrogen-bond acceptors (Lipinski definition) is 6. The second kappa shape index (κ2) is 8.65. The van der Waals surface area contributed by atoms with Crippen LogP contribution >= 0.6 is 0 Å². The van der Waals surface area contributed by atoms with Crippen LogP contribution in [0.25, 0.3) is 11.0 Å². The van der Waals surface area contributed by atoms with E-state index in [1.807, 2.05) is 13.0 Å². The first kappa shape index (κ1) is 22.5. The number of nitriles is 1. The summed E-state index contributed by atoms with van der Waals surface area (Å²) < 4.78 is 48.4. The third-order valence-electron chi connectivity index (χ3n) is 5.70.